The molecule has 0 aliphatic carbocycles. The summed E-state index contributed by atoms with van der Waals surface area (Å²) in [4.78, 5) is 12.5. The topological polar surface area (TPSA) is 57.0 Å². The van der Waals surface area contributed by atoms with E-state index < -0.39 is 0 Å². The van der Waals surface area contributed by atoms with Crippen molar-refractivity contribution in [1.29, 1.82) is 0 Å². The van der Waals surface area contributed by atoms with Gasteiger partial charge >= 0.3 is 0 Å². The van der Waals surface area contributed by atoms with Gasteiger partial charge < -0.3 is 9.30 Å². The number of rotatable bonds is 8. The number of methoxy groups -OCH3 is 1. The number of Topliss-reactive ketones (excluding diaryl/α,β-unsaturated/α-hetero) is 1. The number of benzene rings is 2. The number of nitrogens with zero attached hydrogens (tertiary/aromatic N) is 3. The van der Waals surface area contributed by atoms with Gasteiger partial charge in [-0.3, -0.25) is 4.79 Å². The fraction of sp³-hybridized carbons (Fsp3) is 0.286. The maximum atomic E-state index is 12.5. The van der Waals surface area contributed by atoms with Crippen LogP contribution < -0.4 is 4.74 Å². The predicted molar refractivity (Wildman–Crippen MR) is 116 cm³/mol. The maximum absolute atomic E-state index is 12.5. The minimum Gasteiger partial charge on any atom is -0.497 e. The van der Waals surface area contributed by atoms with Crippen molar-refractivity contribution >= 4 is 33.5 Å². The summed E-state index contributed by atoms with van der Waals surface area (Å²) in [6.45, 7) is 5.08. The Balaban J connectivity index is 1.81. The SMILES string of the molecule is COc1ccc(-c2nnc(SCC(=O)c3ccc(Br)cc3)n2CC(C)C)cc1. The smallest absolute Gasteiger partial charge is 0.191 e. The van der Waals surface area contributed by atoms with Crippen LogP contribution in [0.3, 0.4) is 0 Å². The summed E-state index contributed by atoms with van der Waals surface area (Å²) in [5.74, 6) is 2.42. The molecule has 146 valence electrons. The summed E-state index contributed by atoms with van der Waals surface area (Å²) in [5, 5.41) is 9.50. The Morgan fingerprint density at radius 2 is 1.79 bits per heavy atom. The van der Waals surface area contributed by atoms with E-state index in [9.17, 15) is 4.79 Å². The Labute approximate surface area is 177 Å². The first-order valence-electron chi connectivity index (χ1n) is 8.97. The highest BCUT2D eigenvalue weighted by atomic mass is 79.9. The number of hydrogen-bond donors (Lipinski definition) is 0. The van der Waals surface area contributed by atoms with Gasteiger partial charge in [0.1, 0.15) is 5.75 Å². The molecule has 1 aromatic heterocycles. The van der Waals surface area contributed by atoms with Crippen molar-refractivity contribution < 1.29 is 9.53 Å². The summed E-state index contributed by atoms with van der Waals surface area (Å²) in [5.41, 5.74) is 1.67. The summed E-state index contributed by atoms with van der Waals surface area (Å²) in [6.07, 6.45) is 0. The molecule has 0 saturated carbocycles. The van der Waals surface area contributed by atoms with E-state index in [1.165, 1.54) is 11.8 Å². The molecule has 1 heterocycles. The van der Waals surface area contributed by atoms with Gasteiger partial charge in [-0.2, -0.15) is 0 Å². The number of carbonyl (C=O) groups excluding carboxylic acids is 1. The minimum absolute atomic E-state index is 0.0718. The second-order valence-corrected chi connectivity index (χ2v) is 8.62. The first-order valence-corrected chi connectivity index (χ1v) is 10.7. The largest absolute Gasteiger partial charge is 0.497 e. The number of carbonyl (C=O) groups is 1. The molecule has 28 heavy (non-hydrogen) atoms. The van der Waals surface area contributed by atoms with Crippen LogP contribution in [0, 0.1) is 5.92 Å². The third-order valence-corrected chi connectivity index (χ3v) is 5.61. The van der Waals surface area contributed by atoms with Crippen LogP contribution in [0.25, 0.3) is 11.4 Å². The molecule has 2 aromatic carbocycles. The summed E-state index contributed by atoms with van der Waals surface area (Å²) < 4.78 is 8.28. The lowest BCUT2D eigenvalue weighted by Gasteiger charge is -2.12. The molecular formula is C21H22BrN3O2S. The van der Waals surface area contributed by atoms with E-state index in [1.54, 1.807) is 7.11 Å². The Kier molecular flexibility index (Phi) is 6.91. The highest BCUT2D eigenvalue weighted by Gasteiger charge is 2.17. The molecule has 0 bridgehead atoms. The second kappa shape index (κ2) is 9.39. The molecule has 0 amide bonds. The fourth-order valence-electron chi connectivity index (χ4n) is 2.73. The molecule has 5 nitrogen and oxygen atoms in total. The lowest BCUT2D eigenvalue weighted by molar-refractivity contribution is 0.102. The molecule has 0 aliphatic rings. The van der Waals surface area contributed by atoms with E-state index in [4.69, 9.17) is 4.74 Å². The van der Waals surface area contributed by atoms with Crippen LogP contribution in [0.1, 0.15) is 24.2 Å². The third kappa shape index (κ3) is 5.02. The van der Waals surface area contributed by atoms with E-state index in [1.807, 2.05) is 48.5 Å². The van der Waals surface area contributed by atoms with Crippen LogP contribution in [-0.2, 0) is 6.54 Å². The monoisotopic (exact) mass is 459 g/mol. The molecule has 0 radical (unpaired) electrons. The van der Waals surface area contributed by atoms with Gasteiger partial charge in [0.25, 0.3) is 0 Å². The molecule has 0 N–H and O–H groups in total. The molecule has 0 fully saturated rings. The zero-order chi connectivity index (χ0) is 20.1. The number of halogens is 1. The van der Waals surface area contributed by atoms with Crippen molar-refractivity contribution in [3.05, 3.63) is 58.6 Å². The number of ketones is 1. The van der Waals surface area contributed by atoms with Crippen molar-refractivity contribution in [2.24, 2.45) is 5.92 Å². The lowest BCUT2D eigenvalue weighted by atomic mass is 10.2. The molecule has 7 heteroatoms. The van der Waals surface area contributed by atoms with Crippen LogP contribution in [0.4, 0.5) is 0 Å². The highest BCUT2D eigenvalue weighted by Crippen LogP contribution is 2.27. The van der Waals surface area contributed by atoms with Crippen molar-refractivity contribution in [1.82, 2.24) is 14.8 Å². The number of aromatic nitrogens is 3. The zero-order valence-electron chi connectivity index (χ0n) is 16.1. The van der Waals surface area contributed by atoms with E-state index in [2.05, 4.69) is 44.5 Å². The molecule has 3 aromatic rings. The molecule has 0 spiro atoms. The molecule has 0 saturated heterocycles. The standard InChI is InChI=1S/C21H22BrN3O2S/c1-14(2)12-25-20(16-6-10-18(27-3)11-7-16)23-24-21(25)28-13-19(26)15-4-8-17(22)9-5-15/h4-11,14H,12-13H2,1-3H3. The molecule has 0 aliphatic heterocycles. The molecule has 0 unspecified atom stereocenters. The first-order chi connectivity index (χ1) is 13.5. The van der Waals surface area contributed by atoms with Crippen LogP contribution in [0.5, 0.6) is 5.75 Å². The van der Waals surface area contributed by atoms with E-state index >= 15 is 0 Å². The summed E-state index contributed by atoms with van der Waals surface area (Å²) in [6, 6.07) is 15.2. The molecular weight excluding hydrogens is 438 g/mol. The van der Waals surface area contributed by atoms with Gasteiger partial charge in [0.2, 0.25) is 0 Å². The Hall–Kier alpha value is -2.12. The Morgan fingerprint density at radius 3 is 2.39 bits per heavy atom. The van der Waals surface area contributed by atoms with Gasteiger partial charge in [0.05, 0.1) is 12.9 Å². The number of ether oxygens (including phenoxy) is 1. The van der Waals surface area contributed by atoms with E-state index in [0.717, 1.165) is 33.3 Å². The first kappa shape index (κ1) is 20.6. The van der Waals surface area contributed by atoms with Gasteiger partial charge in [-0.15, -0.1) is 10.2 Å². The van der Waals surface area contributed by atoms with Gasteiger partial charge in [-0.25, -0.2) is 0 Å². The van der Waals surface area contributed by atoms with Crippen molar-refractivity contribution in [2.75, 3.05) is 12.9 Å². The number of hydrogen-bond acceptors (Lipinski definition) is 5. The Morgan fingerprint density at radius 1 is 1.11 bits per heavy atom. The van der Waals surface area contributed by atoms with Crippen LogP contribution in [0.15, 0.2) is 58.2 Å². The van der Waals surface area contributed by atoms with Crippen LogP contribution >= 0.6 is 27.7 Å². The average Bonchev–Trinajstić information content (AvgIpc) is 3.08. The van der Waals surface area contributed by atoms with E-state index in [0.29, 0.717) is 17.2 Å². The van der Waals surface area contributed by atoms with Gasteiger partial charge in [0.15, 0.2) is 16.8 Å². The van der Waals surface area contributed by atoms with E-state index in [-0.39, 0.29) is 5.78 Å². The van der Waals surface area contributed by atoms with Gasteiger partial charge in [0, 0.05) is 22.1 Å². The predicted octanol–water partition coefficient (Wildman–Crippen LogP) is 5.35. The Bertz CT molecular complexity index is 937. The highest BCUT2D eigenvalue weighted by molar-refractivity contribution is 9.10. The third-order valence-electron chi connectivity index (χ3n) is 4.11. The summed E-state index contributed by atoms with van der Waals surface area (Å²) in [7, 11) is 1.65. The molecule has 0 atom stereocenters. The lowest BCUT2D eigenvalue weighted by Crippen LogP contribution is -2.09. The van der Waals surface area contributed by atoms with Crippen molar-refractivity contribution in [3.8, 4) is 17.1 Å². The quantitative estimate of drug-likeness (QED) is 0.335. The van der Waals surface area contributed by atoms with Gasteiger partial charge in [-0.05, 0) is 42.3 Å². The zero-order valence-corrected chi connectivity index (χ0v) is 18.5. The average molecular weight is 460 g/mol. The van der Waals surface area contributed by atoms with Crippen LogP contribution in [-0.4, -0.2) is 33.4 Å². The fourth-order valence-corrected chi connectivity index (χ4v) is 3.83. The van der Waals surface area contributed by atoms with Gasteiger partial charge in [-0.1, -0.05) is 53.7 Å². The minimum atomic E-state index is 0.0718. The second-order valence-electron chi connectivity index (χ2n) is 6.76. The maximum Gasteiger partial charge on any atom is 0.191 e. The number of thioether (sulfide) groups is 1. The normalized spacial score (nSPS) is 11.0. The summed E-state index contributed by atoms with van der Waals surface area (Å²) >= 11 is 4.81. The van der Waals surface area contributed by atoms with Crippen molar-refractivity contribution in [3.63, 3.8) is 0 Å². The molecule has 3 rings (SSSR count). The van der Waals surface area contributed by atoms with Crippen LogP contribution in [0.2, 0.25) is 0 Å². The van der Waals surface area contributed by atoms with Crippen molar-refractivity contribution in [2.45, 2.75) is 25.5 Å².